The zero-order chi connectivity index (χ0) is 14.5. The van der Waals surface area contributed by atoms with Gasteiger partial charge in [0.2, 0.25) is 0 Å². The molecule has 1 saturated heterocycles. The number of nitrogens with zero attached hydrogens (tertiary/aromatic N) is 1. The first-order chi connectivity index (χ1) is 9.83. The second kappa shape index (κ2) is 12.2. The van der Waals surface area contributed by atoms with E-state index in [1.807, 2.05) is 0 Å². The third kappa shape index (κ3) is 9.36. The van der Waals surface area contributed by atoms with Gasteiger partial charge >= 0.3 is 0 Å². The summed E-state index contributed by atoms with van der Waals surface area (Å²) in [4.78, 5) is 2.56. The molecule has 1 atom stereocenters. The number of ether oxygens (including phenoxy) is 1. The molecule has 1 fully saturated rings. The van der Waals surface area contributed by atoms with E-state index in [9.17, 15) is 5.11 Å². The summed E-state index contributed by atoms with van der Waals surface area (Å²) in [6, 6.07) is 0. The van der Waals surface area contributed by atoms with Gasteiger partial charge in [-0.15, -0.1) is 5.92 Å². The van der Waals surface area contributed by atoms with Gasteiger partial charge in [0, 0.05) is 19.8 Å². The van der Waals surface area contributed by atoms with Crippen molar-refractivity contribution < 1.29 is 9.84 Å². The zero-order valence-electron chi connectivity index (χ0n) is 13.1. The third-order valence-corrected chi connectivity index (χ3v) is 3.79. The first-order valence-electron chi connectivity index (χ1n) is 8.23. The normalized spacial score (nSPS) is 17.5. The summed E-state index contributed by atoms with van der Waals surface area (Å²) in [6.07, 6.45) is 8.90. The van der Waals surface area contributed by atoms with Crippen molar-refractivity contribution in [3.63, 3.8) is 0 Å². The van der Waals surface area contributed by atoms with Gasteiger partial charge in [0.1, 0.15) is 6.10 Å². The van der Waals surface area contributed by atoms with Crippen molar-refractivity contribution in [3.05, 3.63) is 0 Å². The lowest BCUT2D eigenvalue weighted by molar-refractivity contribution is 0.112. The SMILES string of the molecule is CC#C[C@@H](O)CCCCCOCCCN1CCCCC1. The molecule has 116 valence electrons. The maximum Gasteiger partial charge on any atom is 0.114 e. The Balaban J connectivity index is 1.79. The van der Waals surface area contributed by atoms with Crippen molar-refractivity contribution in [2.75, 3.05) is 32.8 Å². The van der Waals surface area contributed by atoms with E-state index in [0.29, 0.717) is 0 Å². The molecule has 0 aromatic rings. The molecular formula is C17H31NO2. The standard InChI is InChI=1S/C17H31NO2/c1-2-10-17(19)11-5-3-8-15-20-16-9-14-18-12-6-4-7-13-18/h17,19H,3-9,11-16H2,1H3/t17-/m1/s1. The van der Waals surface area contributed by atoms with Gasteiger partial charge in [-0.2, -0.15) is 0 Å². The van der Waals surface area contributed by atoms with Gasteiger partial charge in [0.15, 0.2) is 0 Å². The lowest BCUT2D eigenvalue weighted by atomic mass is 10.1. The zero-order valence-corrected chi connectivity index (χ0v) is 13.1. The van der Waals surface area contributed by atoms with Gasteiger partial charge in [-0.05, 0) is 58.5 Å². The van der Waals surface area contributed by atoms with Crippen molar-refractivity contribution in [3.8, 4) is 11.8 Å². The van der Waals surface area contributed by atoms with Crippen molar-refractivity contribution in [1.82, 2.24) is 4.90 Å². The minimum absolute atomic E-state index is 0.439. The number of piperidine rings is 1. The van der Waals surface area contributed by atoms with Crippen molar-refractivity contribution in [1.29, 1.82) is 0 Å². The molecule has 0 radical (unpaired) electrons. The van der Waals surface area contributed by atoms with Crippen LogP contribution >= 0.6 is 0 Å². The van der Waals surface area contributed by atoms with Gasteiger partial charge in [0.25, 0.3) is 0 Å². The molecule has 3 nitrogen and oxygen atoms in total. The number of rotatable bonds is 10. The summed E-state index contributed by atoms with van der Waals surface area (Å²) < 4.78 is 5.66. The fourth-order valence-corrected chi connectivity index (χ4v) is 2.63. The number of unbranched alkanes of at least 4 members (excludes halogenated alkanes) is 2. The maximum absolute atomic E-state index is 9.44. The molecule has 1 aliphatic heterocycles. The van der Waals surface area contributed by atoms with Crippen LogP contribution in [0.2, 0.25) is 0 Å². The number of aliphatic hydroxyl groups excluding tert-OH is 1. The molecule has 1 N–H and O–H groups in total. The summed E-state index contributed by atoms with van der Waals surface area (Å²) >= 11 is 0. The Kier molecular flexibility index (Phi) is 10.7. The first-order valence-corrected chi connectivity index (χ1v) is 8.23. The molecule has 3 heteroatoms. The van der Waals surface area contributed by atoms with Crippen molar-refractivity contribution in [2.45, 2.75) is 64.4 Å². The number of likely N-dealkylation sites (tertiary alicyclic amines) is 1. The highest BCUT2D eigenvalue weighted by Gasteiger charge is 2.08. The smallest absolute Gasteiger partial charge is 0.114 e. The van der Waals surface area contributed by atoms with Crippen LogP contribution in [0, 0.1) is 11.8 Å². The van der Waals surface area contributed by atoms with Gasteiger partial charge in [-0.1, -0.05) is 18.8 Å². The lowest BCUT2D eigenvalue weighted by Crippen LogP contribution is -2.31. The Morgan fingerprint density at radius 1 is 1.05 bits per heavy atom. The highest BCUT2D eigenvalue weighted by atomic mass is 16.5. The fourth-order valence-electron chi connectivity index (χ4n) is 2.63. The van der Waals surface area contributed by atoms with E-state index in [-0.39, 0.29) is 0 Å². The second-order valence-electron chi connectivity index (χ2n) is 5.63. The van der Waals surface area contributed by atoms with Crippen LogP contribution in [-0.2, 0) is 4.74 Å². The number of aliphatic hydroxyl groups is 1. The average Bonchev–Trinajstić information content (AvgIpc) is 2.47. The van der Waals surface area contributed by atoms with E-state index in [1.165, 1.54) is 38.9 Å². The molecule has 0 aromatic carbocycles. The van der Waals surface area contributed by atoms with Crippen LogP contribution in [0.15, 0.2) is 0 Å². The maximum atomic E-state index is 9.44. The van der Waals surface area contributed by atoms with Crippen LogP contribution in [0.4, 0.5) is 0 Å². The predicted molar refractivity (Wildman–Crippen MR) is 83.7 cm³/mol. The monoisotopic (exact) mass is 281 g/mol. The van der Waals surface area contributed by atoms with Crippen LogP contribution in [0.1, 0.15) is 58.3 Å². The van der Waals surface area contributed by atoms with Gasteiger partial charge < -0.3 is 14.7 Å². The molecule has 1 aliphatic rings. The van der Waals surface area contributed by atoms with E-state index in [2.05, 4.69) is 16.7 Å². The molecule has 0 saturated carbocycles. The van der Waals surface area contributed by atoms with Gasteiger partial charge in [-0.25, -0.2) is 0 Å². The molecule has 1 rings (SSSR count). The van der Waals surface area contributed by atoms with Crippen LogP contribution < -0.4 is 0 Å². The molecule has 0 bridgehead atoms. The summed E-state index contributed by atoms with van der Waals surface area (Å²) in [6.45, 7) is 7.27. The summed E-state index contributed by atoms with van der Waals surface area (Å²) in [5.74, 6) is 5.51. The Labute approximate surface area is 124 Å². The fraction of sp³-hybridized carbons (Fsp3) is 0.882. The van der Waals surface area contributed by atoms with Crippen molar-refractivity contribution in [2.24, 2.45) is 0 Å². The molecular weight excluding hydrogens is 250 g/mol. The number of hydrogen-bond acceptors (Lipinski definition) is 3. The topological polar surface area (TPSA) is 32.7 Å². The molecule has 0 aromatic heterocycles. The summed E-state index contributed by atoms with van der Waals surface area (Å²) in [5, 5.41) is 9.44. The van der Waals surface area contributed by atoms with Crippen LogP contribution in [-0.4, -0.2) is 49.0 Å². The molecule has 0 aliphatic carbocycles. The quantitative estimate of drug-likeness (QED) is 0.494. The molecule has 0 amide bonds. The number of hydrogen-bond donors (Lipinski definition) is 1. The predicted octanol–water partition coefficient (Wildman–Crippen LogP) is 2.82. The van der Waals surface area contributed by atoms with E-state index >= 15 is 0 Å². The summed E-state index contributed by atoms with van der Waals surface area (Å²) in [7, 11) is 0. The molecule has 1 heterocycles. The largest absolute Gasteiger partial charge is 0.381 e. The Hall–Kier alpha value is -0.560. The van der Waals surface area contributed by atoms with Crippen molar-refractivity contribution >= 4 is 0 Å². The van der Waals surface area contributed by atoms with E-state index < -0.39 is 6.10 Å². The lowest BCUT2D eigenvalue weighted by Gasteiger charge is -2.26. The highest BCUT2D eigenvalue weighted by Crippen LogP contribution is 2.08. The molecule has 0 spiro atoms. The highest BCUT2D eigenvalue weighted by molar-refractivity contribution is 5.01. The second-order valence-corrected chi connectivity index (χ2v) is 5.63. The van der Waals surface area contributed by atoms with Crippen LogP contribution in [0.25, 0.3) is 0 Å². The molecule has 20 heavy (non-hydrogen) atoms. The Bertz CT molecular complexity index is 276. The Morgan fingerprint density at radius 3 is 2.55 bits per heavy atom. The van der Waals surface area contributed by atoms with E-state index in [4.69, 9.17) is 4.74 Å². The van der Waals surface area contributed by atoms with Gasteiger partial charge in [0.05, 0.1) is 0 Å². The van der Waals surface area contributed by atoms with Crippen LogP contribution in [0.5, 0.6) is 0 Å². The van der Waals surface area contributed by atoms with Crippen LogP contribution in [0.3, 0.4) is 0 Å². The molecule has 0 unspecified atom stereocenters. The van der Waals surface area contributed by atoms with E-state index in [0.717, 1.165) is 45.3 Å². The average molecular weight is 281 g/mol. The van der Waals surface area contributed by atoms with Gasteiger partial charge in [-0.3, -0.25) is 0 Å². The van der Waals surface area contributed by atoms with E-state index in [1.54, 1.807) is 6.92 Å². The Morgan fingerprint density at radius 2 is 1.80 bits per heavy atom. The third-order valence-electron chi connectivity index (χ3n) is 3.79. The minimum Gasteiger partial charge on any atom is -0.381 e. The first kappa shape index (κ1) is 17.5. The minimum atomic E-state index is -0.439. The summed E-state index contributed by atoms with van der Waals surface area (Å²) in [5.41, 5.74) is 0.